The molecule has 2 atom stereocenters. The first-order valence-electron chi connectivity index (χ1n) is 7.95. The molecule has 0 fully saturated rings. The summed E-state index contributed by atoms with van der Waals surface area (Å²) in [6.45, 7) is 10.3. The van der Waals surface area contributed by atoms with Crippen LogP contribution in [0.25, 0.3) is 0 Å². The molecule has 0 saturated carbocycles. The van der Waals surface area contributed by atoms with Gasteiger partial charge in [-0.3, -0.25) is 0 Å². The summed E-state index contributed by atoms with van der Waals surface area (Å²) in [7, 11) is 2.05. The van der Waals surface area contributed by atoms with E-state index in [1.807, 2.05) is 0 Å². The molecule has 110 valence electrons. The van der Waals surface area contributed by atoms with Crippen molar-refractivity contribution in [1.29, 1.82) is 0 Å². The molecule has 0 radical (unpaired) electrons. The fourth-order valence-electron chi connectivity index (χ4n) is 2.86. The van der Waals surface area contributed by atoms with Crippen molar-refractivity contribution in [3.05, 3.63) is 24.0 Å². The van der Waals surface area contributed by atoms with Gasteiger partial charge in [0, 0.05) is 25.0 Å². The lowest BCUT2D eigenvalue weighted by Gasteiger charge is -2.19. The Morgan fingerprint density at radius 2 is 2.00 bits per heavy atom. The van der Waals surface area contributed by atoms with Crippen LogP contribution in [-0.4, -0.2) is 11.6 Å². The highest BCUT2D eigenvalue weighted by molar-refractivity contribution is 5.16. The second-order valence-corrected chi connectivity index (χ2v) is 6.07. The number of aromatic nitrogens is 1. The monoisotopic (exact) mass is 264 g/mol. The molecule has 1 aromatic rings. The van der Waals surface area contributed by atoms with Crippen LogP contribution in [-0.2, 0) is 6.54 Å². The van der Waals surface area contributed by atoms with Crippen LogP contribution in [0, 0.1) is 11.8 Å². The van der Waals surface area contributed by atoms with Crippen LogP contribution in [0.2, 0.25) is 0 Å². The summed E-state index contributed by atoms with van der Waals surface area (Å²) in [4.78, 5) is 0. The number of hydrogen-bond donors (Lipinski definition) is 1. The normalized spacial score (nSPS) is 14.8. The van der Waals surface area contributed by atoms with Crippen LogP contribution in [0.15, 0.2) is 18.5 Å². The van der Waals surface area contributed by atoms with E-state index in [4.69, 9.17) is 0 Å². The first-order valence-corrected chi connectivity index (χ1v) is 7.95. The molecule has 2 nitrogen and oxygen atoms in total. The van der Waals surface area contributed by atoms with Crippen molar-refractivity contribution >= 4 is 0 Å². The number of hydrogen-bond acceptors (Lipinski definition) is 1. The maximum absolute atomic E-state index is 3.42. The van der Waals surface area contributed by atoms with Crippen molar-refractivity contribution in [1.82, 2.24) is 9.88 Å². The minimum Gasteiger partial charge on any atom is -0.354 e. The van der Waals surface area contributed by atoms with E-state index in [-0.39, 0.29) is 0 Å². The van der Waals surface area contributed by atoms with Crippen molar-refractivity contribution in [2.24, 2.45) is 11.8 Å². The Morgan fingerprint density at radius 3 is 2.53 bits per heavy atom. The molecule has 0 saturated heterocycles. The predicted octanol–water partition coefficient (Wildman–Crippen LogP) is 4.62. The van der Waals surface area contributed by atoms with Gasteiger partial charge < -0.3 is 9.88 Å². The van der Waals surface area contributed by atoms with Crippen LogP contribution in [0.5, 0.6) is 0 Å². The largest absolute Gasteiger partial charge is 0.354 e. The van der Waals surface area contributed by atoms with E-state index in [2.05, 4.69) is 63.1 Å². The molecule has 0 bridgehead atoms. The molecular weight excluding hydrogens is 232 g/mol. The van der Waals surface area contributed by atoms with Crippen LogP contribution >= 0.6 is 0 Å². The number of unbranched alkanes of at least 4 members (excludes halogenated alkanes) is 1. The average Bonchev–Trinajstić information content (AvgIpc) is 2.83. The molecule has 0 aliphatic heterocycles. The highest BCUT2D eigenvalue weighted by Gasteiger charge is 2.15. The molecule has 0 aromatic carbocycles. The van der Waals surface area contributed by atoms with Gasteiger partial charge in [-0.25, -0.2) is 0 Å². The molecule has 0 aliphatic rings. The Labute approximate surface area is 119 Å². The number of rotatable bonds is 9. The second-order valence-electron chi connectivity index (χ2n) is 6.07. The Bertz CT molecular complexity index is 341. The summed E-state index contributed by atoms with van der Waals surface area (Å²) in [5.74, 6) is 1.45. The quantitative estimate of drug-likeness (QED) is 0.688. The van der Waals surface area contributed by atoms with E-state index in [0.29, 0.717) is 12.0 Å². The Kier molecular flexibility index (Phi) is 7.22. The third kappa shape index (κ3) is 5.02. The van der Waals surface area contributed by atoms with Gasteiger partial charge in [0.15, 0.2) is 0 Å². The number of nitrogens with one attached hydrogen (secondary N) is 1. The van der Waals surface area contributed by atoms with Gasteiger partial charge in [-0.15, -0.1) is 0 Å². The average molecular weight is 264 g/mol. The van der Waals surface area contributed by atoms with Gasteiger partial charge >= 0.3 is 0 Å². The summed E-state index contributed by atoms with van der Waals surface area (Å²) >= 11 is 0. The topological polar surface area (TPSA) is 17.0 Å². The van der Waals surface area contributed by atoms with E-state index >= 15 is 0 Å². The van der Waals surface area contributed by atoms with Crippen LogP contribution in [0.4, 0.5) is 0 Å². The lowest BCUT2D eigenvalue weighted by molar-refractivity contribution is 0.389. The maximum Gasteiger partial charge on any atom is 0.0355 e. The van der Waals surface area contributed by atoms with Gasteiger partial charge in [0.1, 0.15) is 0 Å². The van der Waals surface area contributed by atoms with Crippen LogP contribution in [0.3, 0.4) is 0 Å². The van der Waals surface area contributed by atoms with Crippen molar-refractivity contribution in [3.8, 4) is 0 Å². The van der Waals surface area contributed by atoms with Crippen molar-refractivity contribution in [2.45, 2.75) is 66.0 Å². The van der Waals surface area contributed by atoms with Gasteiger partial charge in [0.2, 0.25) is 0 Å². The molecule has 2 unspecified atom stereocenters. The highest BCUT2D eigenvalue weighted by Crippen LogP contribution is 2.22. The predicted molar refractivity (Wildman–Crippen MR) is 84.4 cm³/mol. The standard InChI is InChI=1S/C17H32N2/c1-6-8-9-15(7-2)12-19-11-10-16(13-19)17(18-5)14(3)4/h10-11,13-15,17-18H,6-9,12H2,1-5H3. The lowest BCUT2D eigenvalue weighted by atomic mass is 9.98. The minimum atomic E-state index is 0.469. The molecule has 1 N–H and O–H groups in total. The minimum absolute atomic E-state index is 0.469. The molecule has 0 aliphatic carbocycles. The molecule has 19 heavy (non-hydrogen) atoms. The highest BCUT2D eigenvalue weighted by atomic mass is 15.0. The SMILES string of the molecule is CCCCC(CC)Cn1ccc(C(NC)C(C)C)c1. The zero-order valence-corrected chi connectivity index (χ0v) is 13.4. The van der Waals surface area contributed by atoms with Crippen molar-refractivity contribution in [2.75, 3.05) is 7.05 Å². The summed E-state index contributed by atoms with van der Waals surface area (Å²) < 4.78 is 2.38. The molecule has 1 aromatic heterocycles. The molecular formula is C17H32N2. The third-order valence-electron chi connectivity index (χ3n) is 4.12. The zero-order valence-electron chi connectivity index (χ0n) is 13.4. The van der Waals surface area contributed by atoms with E-state index < -0.39 is 0 Å². The Hall–Kier alpha value is -0.760. The van der Waals surface area contributed by atoms with Gasteiger partial charge in [0.05, 0.1) is 0 Å². The fraction of sp³-hybridized carbons (Fsp3) is 0.765. The first-order chi connectivity index (χ1) is 9.12. The van der Waals surface area contributed by atoms with Crippen molar-refractivity contribution < 1.29 is 0 Å². The lowest BCUT2D eigenvalue weighted by Crippen LogP contribution is -2.21. The smallest absolute Gasteiger partial charge is 0.0355 e. The van der Waals surface area contributed by atoms with Gasteiger partial charge in [-0.05, 0) is 36.9 Å². The van der Waals surface area contributed by atoms with Gasteiger partial charge in [-0.1, -0.05) is 47.0 Å². The van der Waals surface area contributed by atoms with E-state index in [0.717, 1.165) is 5.92 Å². The molecule has 0 spiro atoms. The molecule has 1 rings (SSSR count). The summed E-state index contributed by atoms with van der Waals surface area (Å²) in [5.41, 5.74) is 1.42. The Morgan fingerprint density at radius 1 is 1.26 bits per heavy atom. The maximum atomic E-state index is 3.42. The van der Waals surface area contributed by atoms with E-state index in [1.165, 1.54) is 37.8 Å². The summed E-state index contributed by atoms with van der Waals surface area (Å²) in [5, 5.41) is 3.42. The third-order valence-corrected chi connectivity index (χ3v) is 4.12. The van der Waals surface area contributed by atoms with Crippen LogP contribution < -0.4 is 5.32 Å². The van der Waals surface area contributed by atoms with Gasteiger partial charge in [0.25, 0.3) is 0 Å². The Balaban J connectivity index is 2.62. The van der Waals surface area contributed by atoms with Gasteiger partial charge in [-0.2, -0.15) is 0 Å². The first kappa shape index (κ1) is 16.3. The zero-order chi connectivity index (χ0) is 14.3. The van der Waals surface area contributed by atoms with E-state index in [9.17, 15) is 0 Å². The molecule has 1 heterocycles. The number of nitrogens with zero attached hydrogens (tertiary/aromatic N) is 1. The fourth-order valence-corrected chi connectivity index (χ4v) is 2.86. The molecule has 0 amide bonds. The van der Waals surface area contributed by atoms with E-state index in [1.54, 1.807) is 0 Å². The van der Waals surface area contributed by atoms with Crippen molar-refractivity contribution in [3.63, 3.8) is 0 Å². The summed E-state index contributed by atoms with van der Waals surface area (Å²) in [6.07, 6.45) is 9.89. The second kappa shape index (κ2) is 8.42. The molecule has 2 heteroatoms. The summed E-state index contributed by atoms with van der Waals surface area (Å²) in [6, 6.07) is 2.74. The van der Waals surface area contributed by atoms with Crippen LogP contribution in [0.1, 0.15) is 65.0 Å².